The van der Waals surface area contributed by atoms with Gasteiger partial charge in [0.15, 0.2) is 11.7 Å². The number of guanidine groups is 1. The summed E-state index contributed by atoms with van der Waals surface area (Å²) in [4.78, 5) is 15.6. The predicted octanol–water partition coefficient (Wildman–Crippen LogP) is 3.15. The fourth-order valence-corrected chi connectivity index (χ4v) is 2.22. The zero-order valence-corrected chi connectivity index (χ0v) is 17.1. The van der Waals surface area contributed by atoms with Gasteiger partial charge in [0, 0.05) is 26.7 Å². The van der Waals surface area contributed by atoms with E-state index in [1.165, 1.54) is 19.4 Å². The fourth-order valence-electron chi connectivity index (χ4n) is 2.22. The Hall–Kier alpha value is -2.31. The molecule has 0 unspecified atom stereocenters. The molecule has 0 saturated carbocycles. The molecule has 2 aromatic rings. The average Bonchev–Trinajstić information content (AvgIpc) is 3.15. The van der Waals surface area contributed by atoms with Gasteiger partial charge in [-0.2, -0.15) is 13.2 Å². The third kappa shape index (κ3) is 7.02. The standard InChI is InChI=1S/C17H18F4N4O2.HI/c1-22-16(24-7-6-23-15(26)14-3-2-8-27-14)25-10-11-4-5-12(18)9-13(11)17(19,20)21;/h2-5,8-9H,6-7,10H2,1H3,(H,23,26)(H2,22,24,25);1H. The number of furan rings is 1. The number of nitrogens with one attached hydrogen (secondary N) is 3. The van der Waals surface area contributed by atoms with Crippen molar-refractivity contribution >= 4 is 35.8 Å². The molecule has 1 aromatic heterocycles. The summed E-state index contributed by atoms with van der Waals surface area (Å²) in [5.41, 5.74) is -1.16. The number of rotatable bonds is 6. The Morgan fingerprint density at radius 2 is 1.86 bits per heavy atom. The fraction of sp³-hybridized carbons (Fsp3) is 0.294. The molecule has 154 valence electrons. The van der Waals surface area contributed by atoms with E-state index in [2.05, 4.69) is 20.9 Å². The van der Waals surface area contributed by atoms with Crippen LogP contribution in [0.15, 0.2) is 46.0 Å². The van der Waals surface area contributed by atoms with Gasteiger partial charge in [-0.3, -0.25) is 9.79 Å². The zero-order chi connectivity index (χ0) is 19.9. The second-order valence-corrected chi connectivity index (χ2v) is 5.38. The lowest BCUT2D eigenvalue weighted by Gasteiger charge is -2.16. The minimum Gasteiger partial charge on any atom is -0.459 e. The first-order valence-corrected chi connectivity index (χ1v) is 7.93. The van der Waals surface area contributed by atoms with E-state index in [4.69, 9.17) is 4.42 Å². The van der Waals surface area contributed by atoms with Crippen molar-refractivity contribution < 1.29 is 26.8 Å². The van der Waals surface area contributed by atoms with Crippen molar-refractivity contribution in [2.45, 2.75) is 12.7 Å². The highest BCUT2D eigenvalue weighted by molar-refractivity contribution is 14.0. The molecule has 6 nitrogen and oxygen atoms in total. The summed E-state index contributed by atoms with van der Waals surface area (Å²) in [5.74, 6) is -0.931. The maximum Gasteiger partial charge on any atom is 0.416 e. The van der Waals surface area contributed by atoms with Gasteiger partial charge in [0.05, 0.1) is 11.8 Å². The highest BCUT2D eigenvalue weighted by Gasteiger charge is 2.33. The van der Waals surface area contributed by atoms with Crippen LogP contribution in [0.2, 0.25) is 0 Å². The molecule has 0 saturated heterocycles. The normalized spacial score (nSPS) is 11.5. The maximum absolute atomic E-state index is 13.1. The van der Waals surface area contributed by atoms with Gasteiger partial charge in [0.25, 0.3) is 5.91 Å². The number of aliphatic imine (C=N–C) groups is 1. The monoisotopic (exact) mass is 514 g/mol. The minimum atomic E-state index is -4.66. The minimum absolute atomic E-state index is 0. The summed E-state index contributed by atoms with van der Waals surface area (Å²) in [6.45, 7) is 0.319. The van der Waals surface area contributed by atoms with Gasteiger partial charge in [-0.25, -0.2) is 4.39 Å². The molecule has 11 heteroatoms. The van der Waals surface area contributed by atoms with Crippen LogP contribution < -0.4 is 16.0 Å². The molecule has 0 atom stereocenters. The lowest BCUT2D eigenvalue weighted by molar-refractivity contribution is -0.138. The molecule has 2 rings (SSSR count). The van der Waals surface area contributed by atoms with Crippen LogP contribution in [0.4, 0.5) is 17.6 Å². The van der Waals surface area contributed by atoms with Crippen LogP contribution in [0.5, 0.6) is 0 Å². The smallest absolute Gasteiger partial charge is 0.416 e. The number of amides is 1. The number of hydrogen-bond donors (Lipinski definition) is 3. The topological polar surface area (TPSA) is 78.7 Å². The molecule has 1 heterocycles. The van der Waals surface area contributed by atoms with Crippen molar-refractivity contribution in [2.75, 3.05) is 20.1 Å². The second kappa shape index (κ2) is 10.9. The molecule has 0 fully saturated rings. The van der Waals surface area contributed by atoms with Crippen molar-refractivity contribution in [1.29, 1.82) is 0 Å². The Labute approximate surface area is 175 Å². The van der Waals surface area contributed by atoms with E-state index in [9.17, 15) is 22.4 Å². The molecule has 28 heavy (non-hydrogen) atoms. The van der Waals surface area contributed by atoms with E-state index < -0.39 is 17.6 Å². The molecule has 0 bridgehead atoms. The van der Waals surface area contributed by atoms with E-state index >= 15 is 0 Å². The van der Waals surface area contributed by atoms with Crippen molar-refractivity contribution in [2.24, 2.45) is 4.99 Å². The summed E-state index contributed by atoms with van der Waals surface area (Å²) >= 11 is 0. The van der Waals surface area contributed by atoms with Crippen LogP contribution in [-0.4, -0.2) is 32.0 Å². The van der Waals surface area contributed by atoms with E-state index in [-0.39, 0.29) is 66.8 Å². The second-order valence-electron chi connectivity index (χ2n) is 5.38. The van der Waals surface area contributed by atoms with Crippen LogP contribution in [0.25, 0.3) is 0 Å². The van der Waals surface area contributed by atoms with Gasteiger partial charge < -0.3 is 20.4 Å². The van der Waals surface area contributed by atoms with Gasteiger partial charge >= 0.3 is 6.18 Å². The van der Waals surface area contributed by atoms with Crippen molar-refractivity contribution in [3.05, 3.63) is 59.3 Å². The average molecular weight is 514 g/mol. The molecule has 1 amide bonds. The molecule has 0 aliphatic heterocycles. The zero-order valence-electron chi connectivity index (χ0n) is 14.8. The number of benzene rings is 1. The summed E-state index contributed by atoms with van der Waals surface area (Å²) in [6, 6.07) is 5.60. The summed E-state index contributed by atoms with van der Waals surface area (Å²) in [5, 5.41) is 8.17. The van der Waals surface area contributed by atoms with Crippen molar-refractivity contribution in [3.63, 3.8) is 0 Å². The molecular formula is C17H19F4IN4O2. The Balaban J connectivity index is 0.00000392. The first-order valence-electron chi connectivity index (χ1n) is 7.93. The molecule has 3 N–H and O–H groups in total. The number of halogens is 5. The van der Waals surface area contributed by atoms with Crippen molar-refractivity contribution in [3.8, 4) is 0 Å². The van der Waals surface area contributed by atoms with E-state index in [0.29, 0.717) is 6.07 Å². The molecular weight excluding hydrogens is 495 g/mol. The number of carbonyl (C=O) groups is 1. The van der Waals surface area contributed by atoms with E-state index in [0.717, 1.165) is 12.1 Å². The van der Waals surface area contributed by atoms with E-state index in [1.54, 1.807) is 6.07 Å². The lowest BCUT2D eigenvalue weighted by atomic mass is 10.1. The predicted molar refractivity (Wildman–Crippen MR) is 106 cm³/mol. The molecule has 0 spiro atoms. The first-order chi connectivity index (χ1) is 12.8. The number of hydrogen-bond acceptors (Lipinski definition) is 3. The number of alkyl halides is 3. The van der Waals surface area contributed by atoms with Crippen molar-refractivity contribution in [1.82, 2.24) is 16.0 Å². The van der Waals surface area contributed by atoms with Crippen LogP contribution >= 0.6 is 24.0 Å². The van der Waals surface area contributed by atoms with Crippen LogP contribution in [0.1, 0.15) is 21.7 Å². The number of carbonyl (C=O) groups excluding carboxylic acids is 1. The third-order valence-electron chi connectivity index (χ3n) is 3.50. The Kier molecular flexibility index (Phi) is 9.22. The molecule has 0 aliphatic rings. The van der Waals surface area contributed by atoms with Gasteiger partial charge in [-0.15, -0.1) is 24.0 Å². The summed E-state index contributed by atoms with van der Waals surface area (Å²) in [6.07, 6.45) is -3.28. The Morgan fingerprint density at radius 1 is 1.14 bits per heavy atom. The first kappa shape index (κ1) is 23.7. The summed E-state index contributed by atoms with van der Waals surface area (Å²) in [7, 11) is 1.45. The lowest BCUT2D eigenvalue weighted by Crippen LogP contribution is -2.41. The van der Waals surface area contributed by atoms with Gasteiger partial charge in [0.1, 0.15) is 5.82 Å². The Morgan fingerprint density at radius 3 is 2.46 bits per heavy atom. The summed E-state index contributed by atoms with van der Waals surface area (Å²) < 4.78 is 57.0. The van der Waals surface area contributed by atoms with Gasteiger partial charge in [-0.05, 0) is 29.8 Å². The number of nitrogens with zero attached hydrogens (tertiary/aromatic N) is 1. The molecule has 0 aliphatic carbocycles. The SMILES string of the molecule is CN=C(NCCNC(=O)c1ccco1)NCc1ccc(F)cc1C(F)(F)F.I. The highest BCUT2D eigenvalue weighted by Crippen LogP contribution is 2.32. The molecule has 1 aromatic carbocycles. The Bertz CT molecular complexity index is 795. The largest absolute Gasteiger partial charge is 0.459 e. The van der Waals surface area contributed by atoms with E-state index in [1.807, 2.05) is 0 Å². The maximum atomic E-state index is 13.1. The van der Waals surface area contributed by atoms with Crippen LogP contribution in [0, 0.1) is 5.82 Å². The van der Waals surface area contributed by atoms with Gasteiger partial charge in [-0.1, -0.05) is 6.07 Å². The third-order valence-corrected chi connectivity index (χ3v) is 3.50. The quantitative estimate of drug-likeness (QED) is 0.182. The van der Waals surface area contributed by atoms with Crippen LogP contribution in [0.3, 0.4) is 0 Å². The van der Waals surface area contributed by atoms with Crippen LogP contribution in [-0.2, 0) is 12.7 Å². The van der Waals surface area contributed by atoms with Gasteiger partial charge in [0.2, 0.25) is 0 Å². The molecule has 0 radical (unpaired) electrons. The highest BCUT2D eigenvalue weighted by atomic mass is 127.